The van der Waals surface area contributed by atoms with Crippen LogP contribution in [0.15, 0.2) is 0 Å². The van der Waals surface area contributed by atoms with Gasteiger partial charge in [0.25, 0.3) is 0 Å². The van der Waals surface area contributed by atoms with Gasteiger partial charge in [0, 0.05) is 19.4 Å². The van der Waals surface area contributed by atoms with Crippen molar-refractivity contribution in [1.29, 1.82) is 0 Å². The Balaban J connectivity index is 3.33. The number of Topliss-reactive ketones (excluding diaryl/α,β-unsaturated/α-hetero) is 1. The van der Waals surface area contributed by atoms with Gasteiger partial charge in [0.2, 0.25) is 0 Å². The Labute approximate surface area is 159 Å². The van der Waals surface area contributed by atoms with Crippen molar-refractivity contribution in [2.24, 2.45) is 0 Å². The number of hydrogen-bond donors (Lipinski definition) is 3. The highest BCUT2D eigenvalue weighted by molar-refractivity contribution is 5.75. The summed E-state index contributed by atoms with van der Waals surface area (Å²) in [6.07, 6.45) is 0.235. The maximum absolute atomic E-state index is 11.0. The third-order valence-electron chi connectivity index (χ3n) is 3.30. The Kier molecular flexibility index (Phi) is 16.8. The molecule has 0 rings (SSSR count). The second-order valence-corrected chi connectivity index (χ2v) is 5.68. The number of carboxylic acid groups (broad SMARTS) is 2. The number of carbonyl (C=O) groups excluding carboxylic acids is 1. The molecule has 0 aliphatic heterocycles. The topological polar surface area (TPSA) is 141 Å². The molecule has 3 N–H and O–H groups in total. The number of hydrogen-bond acceptors (Lipinski definition) is 8. The molecule has 0 aromatic rings. The fourth-order valence-electron chi connectivity index (χ4n) is 1.86. The van der Waals surface area contributed by atoms with Crippen molar-refractivity contribution >= 4 is 17.7 Å². The maximum Gasteiger partial charge on any atom is 0.320 e. The summed E-state index contributed by atoms with van der Waals surface area (Å²) in [6, 6.07) is -0.899. The zero-order valence-electron chi connectivity index (χ0n) is 15.8. The van der Waals surface area contributed by atoms with Crippen LogP contribution in [-0.2, 0) is 33.3 Å². The van der Waals surface area contributed by atoms with E-state index in [0.29, 0.717) is 65.8 Å². The van der Waals surface area contributed by atoms with Crippen molar-refractivity contribution < 1.29 is 43.5 Å². The average molecular weight is 393 g/mol. The van der Waals surface area contributed by atoms with Crippen LogP contribution in [0, 0.1) is 0 Å². The highest BCUT2D eigenvalue weighted by Gasteiger charge is 2.17. The summed E-state index contributed by atoms with van der Waals surface area (Å²) < 4.78 is 21.1. The standard InChI is InChI=1S/C17H31NO9/c1-14(19)4-6-24-8-10-26-12-13-27-11-9-25-7-5-18-15(17(22)23)2-3-16(20)21/h15,18H,2-13H2,1H3,(H,20,21)(H,22,23). The van der Waals surface area contributed by atoms with E-state index < -0.39 is 18.0 Å². The molecule has 0 spiro atoms. The molecule has 0 aromatic carbocycles. The fraction of sp³-hybridized carbons (Fsp3) is 0.824. The third-order valence-corrected chi connectivity index (χ3v) is 3.30. The fourth-order valence-corrected chi connectivity index (χ4v) is 1.86. The van der Waals surface area contributed by atoms with Gasteiger partial charge < -0.3 is 34.5 Å². The van der Waals surface area contributed by atoms with Crippen LogP contribution in [-0.4, -0.2) is 93.4 Å². The minimum absolute atomic E-state index is 0.0234. The highest BCUT2D eigenvalue weighted by Crippen LogP contribution is 1.97. The number of ether oxygens (including phenoxy) is 4. The van der Waals surface area contributed by atoms with Crippen molar-refractivity contribution in [3.05, 3.63) is 0 Å². The van der Waals surface area contributed by atoms with Crippen LogP contribution >= 0.6 is 0 Å². The molecule has 1 unspecified atom stereocenters. The number of nitrogens with one attached hydrogen (secondary N) is 1. The largest absolute Gasteiger partial charge is 0.481 e. The van der Waals surface area contributed by atoms with Crippen LogP contribution in [0.5, 0.6) is 0 Å². The van der Waals surface area contributed by atoms with Gasteiger partial charge in [0.15, 0.2) is 0 Å². The molecule has 0 fully saturated rings. The zero-order chi connectivity index (χ0) is 20.3. The van der Waals surface area contributed by atoms with E-state index in [-0.39, 0.29) is 18.6 Å². The van der Waals surface area contributed by atoms with E-state index in [1.165, 1.54) is 6.92 Å². The lowest BCUT2D eigenvalue weighted by molar-refractivity contribution is -0.140. The predicted molar refractivity (Wildman–Crippen MR) is 94.9 cm³/mol. The zero-order valence-corrected chi connectivity index (χ0v) is 15.8. The number of aliphatic carboxylic acids is 2. The molecule has 0 heterocycles. The maximum atomic E-state index is 11.0. The summed E-state index contributed by atoms with van der Waals surface area (Å²) in [6.45, 7) is 5.02. The molecule has 0 saturated heterocycles. The van der Waals surface area contributed by atoms with E-state index in [9.17, 15) is 14.4 Å². The summed E-state index contributed by atoms with van der Waals surface area (Å²) >= 11 is 0. The third kappa shape index (κ3) is 19.0. The molecule has 0 aliphatic rings. The van der Waals surface area contributed by atoms with E-state index in [2.05, 4.69) is 5.32 Å². The Bertz CT molecular complexity index is 417. The van der Waals surface area contributed by atoms with Gasteiger partial charge in [-0.15, -0.1) is 0 Å². The molecular formula is C17H31NO9. The van der Waals surface area contributed by atoms with Crippen molar-refractivity contribution in [3.8, 4) is 0 Å². The molecule has 0 bridgehead atoms. The minimum Gasteiger partial charge on any atom is -0.481 e. The van der Waals surface area contributed by atoms with Crippen molar-refractivity contribution in [2.45, 2.75) is 32.2 Å². The Hall–Kier alpha value is -1.59. The summed E-state index contributed by atoms with van der Waals surface area (Å²) in [5.41, 5.74) is 0. The molecule has 10 nitrogen and oxygen atoms in total. The van der Waals surface area contributed by atoms with Gasteiger partial charge >= 0.3 is 11.9 Å². The predicted octanol–water partition coefficient (Wildman–Crippen LogP) is -0.0605. The van der Waals surface area contributed by atoms with Gasteiger partial charge in [-0.25, -0.2) is 0 Å². The summed E-state index contributed by atoms with van der Waals surface area (Å²) in [5.74, 6) is -2.01. The second kappa shape index (κ2) is 17.8. The summed E-state index contributed by atoms with van der Waals surface area (Å²) in [4.78, 5) is 32.1. The highest BCUT2D eigenvalue weighted by atomic mass is 16.6. The molecule has 27 heavy (non-hydrogen) atoms. The number of ketones is 1. The van der Waals surface area contributed by atoms with Gasteiger partial charge in [-0.2, -0.15) is 0 Å². The summed E-state index contributed by atoms with van der Waals surface area (Å²) in [5, 5.41) is 20.3. The van der Waals surface area contributed by atoms with Crippen molar-refractivity contribution in [2.75, 3.05) is 59.4 Å². The lowest BCUT2D eigenvalue weighted by Gasteiger charge is -2.13. The molecule has 1 atom stereocenters. The number of carboxylic acids is 2. The van der Waals surface area contributed by atoms with Gasteiger partial charge in [-0.1, -0.05) is 0 Å². The summed E-state index contributed by atoms with van der Waals surface area (Å²) in [7, 11) is 0. The van der Waals surface area contributed by atoms with E-state index in [0.717, 1.165) is 0 Å². The number of rotatable bonds is 20. The Morgan fingerprint density at radius 3 is 1.70 bits per heavy atom. The van der Waals surface area contributed by atoms with Gasteiger partial charge in [-0.05, 0) is 13.3 Å². The molecule has 10 heteroatoms. The smallest absolute Gasteiger partial charge is 0.320 e. The van der Waals surface area contributed by atoms with E-state index in [1.807, 2.05) is 0 Å². The molecule has 0 aliphatic carbocycles. The van der Waals surface area contributed by atoms with Crippen LogP contribution in [0.25, 0.3) is 0 Å². The SMILES string of the molecule is CC(=O)CCOCCOCCOCCOCCNC(CCC(=O)O)C(=O)O. The molecule has 0 saturated carbocycles. The normalized spacial score (nSPS) is 12.0. The van der Waals surface area contributed by atoms with E-state index >= 15 is 0 Å². The first-order valence-electron chi connectivity index (χ1n) is 8.92. The van der Waals surface area contributed by atoms with Crippen LogP contribution in [0.2, 0.25) is 0 Å². The van der Waals surface area contributed by atoms with Gasteiger partial charge in [0.05, 0.1) is 52.9 Å². The second-order valence-electron chi connectivity index (χ2n) is 5.68. The molecule has 0 amide bonds. The Morgan fingerprint density at radius 2 is 1.26 bits per heavy atom. The van der Waals surface area contributed by atoms with Crippen molar-refractivity contribution in [1.82, 2.24) is 5.32 Å². The van der Waals surface area contributed by atoms with Gasteiger partial charge in [0.1, 0.15) is 11.8 Å². The van der Waals surface area contributed by atoms with Gasteiger partial charge in [-0.3, -0.25) is 14.4 Å². The van der Waals surface area contributed by atoms with Crippen LogP contribution in [0.4, 0.5) is 0 Å². The molecule has 158 valence electrons. The lowest BCUT2D eigenvalue weighted by Crippen LogP contribution is -2.39. The van der Waals surface area contributed by atoms with Crippen LogP contribution in [0.1, 0.15) is 26.2 Å². The monoisotopic (exact) mass is 393 g/mol. The first-order valence-corrected chi connectivity index (χ1v) is 8.92. The molecular weight excluding hydrogens is 362 g/mol. The first-order chi connectivity index (χ1) is 12.9. The van der Waals surface area contributed by atoms with E-state index in [4.69, 9.17) is 29.2 Å². The Morgan fingerprint density at radius 1 is 0.778 bits per heavy atom. The molecule has 0 radical (unpaired) electrons. The van der Waals surface area contributed by atoms with Crippen LogP contribution < -0.4 is 5.32 Å². The quantitative estimate of drug-likeness (QED) is 0.241. The lowest BCUT2D eigenvalue weighted by atomic mass is 10.1. The average Bonchev–Trinajstić information content (AvgIpc) is 2.59. The van der Waals surface area contributed by atoms with E-state index in [1.54, 1.807) is 0 Å². The van der Waals surface area contributed by atoms with Crippen LogP contribution in [0.3, 0.4) is 0 Å². The first kappa shape index (κ1) is 25.4. The minimum atomic E-state index is -1.08. The van der Waals surface area contributed by atoms with Crippen molar-refractivity contribution in [3.63, 3.8) is 0 Å². The molecule has 0 aromatic heterocycles. The number of carbonyl (C=O) groups is 3.